The SMILES string of the molecule is COCCN(CCC#N)C(=O)NCC1(CC(=O)O)CCC1. The summed E-state index contributed by atoms with van der Waals surface area (Å²) in [6.07, 6.45) is 3.01. The van der Waals surface area contributed by atoms with Crippen molar-refractivity contribution in [3.63, 3.8) is 0 Å². The minimum atomic E-state index is -0.829. The summed E-state index contributed by atoms with van der Waals surface area (Å²) in [5.41, 5.74) is -0.302. The summed E-state index contributed by atoms with van der Waals surface area (Å²) in [6, 6.07) is 1.75. The summed E-state index contributed by atoms with van der Waals surface area (Å²) in [5.74, 6) is -0.829. The highest BCUT2D eigenvalue weighted by molar-refractivity contribution is 5.74. The molecule has 7 heteroatoms. The number of amides is 2. The van der Waals surface area contributed by atoms with Crippen LogP contribution in [0.2, 0.25) is 0 Å². The zero-order chi connectivity index (χ0) is 15.7. The molecule has 7 nitrogen and oxygen atoms in total. The molecule has 2 amide bonds. The first-order chi connectivity index (χ1) is 10.0. The molecule has 0 radical (unpaired) electrons. The lowest BCUT2D eigenvalue weighted by atomic mass is 9.66. The molecule has 1 rings (SSSR count). The Bertz CT molecular complexity index is 402. The summed E-state index contributed by atoms with van der Waals surface area (Å²) in [4.78, 5) is 24.6. The summed E-state index contributed by atoms with van der Waals surface area (Å²) in [5, 5.41) is 20.4. The third kappa shape index (κ3) is 5.60. The zero-order valence-corrected chi connectivity index (χ0v) is 12.4. The zero-order valence-electron chi connectivity index (χ0n) is 12.4. The molecule has 2 N–H and O–H groups in total. The molecule has 0 heterocycles. The van der Waals surface area contributed by atoms with Crippen molar-refractivity contribution in [2.75, 3.05) is 33.4 Å². The Morgan fingerprint density at radius 1 is 1.43 bits per heavy atom. The summed E-state index contributed by atoms with van der Waals surface area (Å²) in [7, 11) is 1.55. The number of nitrogens with one attached hydrogen (secondary N) is 1. The van der Waals surface area contributed by atoms with Crippen molar-refractivity contribution in [3.8, 4) is 6.07 Å². The maximum atomic E-state index is 12.1. The van der Waals surface area contributed by atoms with Crippen molar-refractivity contribution in [3.05, 3.63) is 0 Å². The Balaban J connectivity index is 2.47. The number of urea groups is 1. The third-order valence-electron chi connectivity index (χ3n) is 3.90. The molecule has 118 valence electrons. The van der Waals surface area contributed by atoms with Crippen LogP contribution < -0.4 is 5.32 Å². The molecule has 0 saturated heterocycles. The second-order valence-corrected chi connectivity index (χ2v) is 5.47. The standard InChI is InChI=1S/C14H23N3O4/c1-21-9-8-17(7-3-6-15)13(20)16-11-14(4-2-5-14)10-12(18)19/h2-5,7-11H2,1H3,(H,16,20)(H,18,19). The van der Waals surface area contributed by atoms with Crippen LogP contribution in [0.4, 0.5) is 4.79 Å². The van der Waals surface area contributed by atoms with Crippen LogP contribution in [0.15, 0.2) is 0 Å². The van der Waals surface area contributed by atoms with E-state index in [1.165, 1.54) is 4.90 Å². The first-order valence-corrected chi connectivity index (χ1v) is 7.13. The molecule has 1 aliphatic carbocycles. The molecule has 21 heavy (non-hydrogen) atoms. The molecule has 0 spiro atoms. The molecule has 0 unspecified atom stereocenters. The molecule has 1 saturated carbocycles. The smallest absolute Gasteiger partial charge is 0.317 e. The average molecular weight is 297 g/mol. The van der Waals surface area contributed by atoms with E-state index in [9.17, 15) is 9.59 Å². The Morgan fingerprint density at radius 3 is 2.62 bits per heavy atom. The number of nitriles is 1. The van der Waals surface area contributed by atoms with Crippen molar-refractivity contribution in [2.24, 2.45) is 5.41 Å². The Kier molecular flexibility index (Phi) is 6.96. The van der Waals surface area contributed by atoms with Crippen molar-refractivity contribution in [1.82, 2.24) is 10.2 Å². The number of rotatable bonds is 9. The number of hydrogen-bond donors (Lipinski definition) is 2. The molecule has 0 aromatic rings. The lowest BCUT2D eigenvalue weighted by Gasteiger charge is -2.41. The Hall–Kier alpha value is -1.81. The van der Waals surface area contributed by atoms with Gasteiger partial charge in [-0.1, -0.05) is 6.42 Å². The lowest BCUT2D eigenvalue weighted by Crippen LogP contribution is -2.48. The quantitative estimate of drug-likeness (QED) is 0.665. The minimum Gasteiger partial charge on any atom is -0.481 e. The molecule has 0 aliphatic heterocycles. The van der Waals surface area contributed by atoms with E-state index < -0.39 is 5.97 Å². The van der Waals surface area contributed by atoms with Gasteiger partial charge in [0, 0.05) is 26.7 Å². The molecular weight excluding hydrogens is 274 g/mol. The van der Waals surface area contributed by atoms with Gasteiger partial charge in [-0.2, -0.15) is 5.26 Å². The van der Waals surface area contributed by atoms with E-state index >= 15 is 0 Å². The van der Waals surface area contributed by atoms with E-state index in [0.29, 0.717) is 26.2 Å². The van der Waals surface area contributed by atoms with Crippen LogP contribution in [0.1, 0.15) is 32.1 Å². The van der Waals surface area contributed by atoms with Gasteiger partial charge < -0.3 is 20.1 Å². The Labute approximate surface area is 124 Å². The fraction of sp³-hybridized carbons (Fsp3) is 0.786. The fourth-order valence-electron chi connectivity index (χ4n) is 2.49. The van der Waals surface area contributed by atoms with Gasteiger partial charge in [0.1, 0.15) is 0 Å². The number of hydrogen-bond acceptors (Lipinski definition) is 4. The van der Waals surface area contributed by atoms with Crippen LogP contribution in [0.3, 0.4) is 0 Å². The van der Waals surface area contributed by atoms with E-state index in [4.69, 9.17) is 15.1 Å². The van der Waals surface area contributed by atoms with Gasteiger partial charge in [0.2, 0.25) is 0 Å². The van der Waals surface area contributed by atoms with Crippen molar-refractivity contribution < 1.29 is 19.4 Å². The van der Waals surface area contributed by atoms with Gasteiger partial charge in [-0.05, 0) is 18.3 Å². The number of ether oxygens (including phenoxy) is 1. The monoisotopic (exact) mass is 297 g/mol. The molecule has 1 aliphatic rings. The van der Waals surface area contributed by atoms with E-state index in [1.807, 2.05) is 6.07 Å². The van der Waals surface area contributed by atoms with E-state index in [-0.39, 0.29) is 24.3 Å². The molecule has 0 aromatic heterocycles. The predicted octanol–water partition coefficient (Wildman–Crippen LogP) is 1.20. The van der Waals surface area contributed by atoms with Gasteiger partial charge in [-0.15, -0.1) is 0 Å². The van der Waals surface area contributed by atoms with Gasteiger partial charge in [0.15, 0.2) is 0 Å². The minimum absolute atomic E-state index is 0.0869. The third-order valence-corrected chi connectivity index (χ3v) is 3.90. The van der Waals surface area contributed by atoms with Crippen LogP contribution in [-0.4, -0.2) is 55.4 Å². The van der Waals surface area contributed by atoms with Crippen LogP contribution in [-0.2, 0) is 9.53 Å². The van der Waals surface area contributed by atoms with Crippen LogP contribution in [0, 0.1) is 16.7 Å². The van der Waals surface area contributed by atoms with Gasteiger partial charge in [0.05, 0.1) is 25.5 Å². The number of methoxy groups -OCH3 is 1. The Morgan fingerprint density at radius 2 is 2.14 bits per heavy atom. The topological polar surface area (TPSA) is 103 Å². The predicted molar refractivity (Wildman–Crippen MR) is 75.6 cm³/mol. The first-order valence-electron chi connectivity index (χ1n) is 7.13. The summed E-state index contributed by atoms with van der Waals surface area (Å²) in [6.45, 7) is 1.53. The fourth-order valence-corrected chi connectivity index (χ4v) is 2.49. The highest BCUT2D eigenvalue weighted by Gasteiger charge is 2.39. The molecule has 0 bridgehead atoms. The van der Waals surface area contributed by atoms with Crippen LogP contribution in [0.5, 0.6) is 0 Å². The lowest BCUT2D eigenvalue weighted by molar-refractivity contribution is -0.141. The van der Waals surface area contributed by atoms with Crippen molar-refractivity contribution in [2.45, 2.75) is 32.1 Å². The van der Waals surface area contributed by atoms with Crippen LogP contribution >= 0.6 is 0 Å². The normalized spacial score (nSPS) is 15.6. The molecule has 0 atom stereocenters. The molecule has 0 aromatic carbocycles. The second kappa shape index (κ2) is 8.47. The number of carbonyl (C=O) groups excluding carboxylic acids is 1. The first kappa shape index (κ1) is 17.2. The maximum Gasteiger partial charge on any atom is 0.317 e. The highest BCUT2D eigenvalue weighted by atomic mass is 16.5. The largest absolute Gasteiger partial charge is 0.481 e. The average Bonchev–Trinajstić information content (AvgIpc) is 2.41. The summed E-state index contributed by atoms with van der Waals surface area (Å²) >= 11 is 0. The molecular formula is C14H23N3O4. The van der Waals surface area contributed by atoms with E-state index in [2.05, 4.69) is 5.32 Å². The van der Waals surface area contributed by atoms with Gasteiger partial charge in [-0.3, -0.25) is 4.79 Å². The van der Waals surface area contributed by atoms with Gasteiger partial charge in [0.25, 0.3) is 0 Å². The highest BCUT2D eigenvalue weighted by Crippen LogP contribution is 2.43. The van der Waals surface area contributed by atoms with E-state index in [0.717, 1.165) is 19.3 Å². The second-order valence-electron chi connectivity index (χ2n) is 5.47. The van der Waals surface area contributed by atoms with Crippen molar-refractivity contribution >= 4 is 12.0 Å². The van der Waals surface area contributed by atoms with E-state index in [1.54, 1.807) is 7.11 Å². The number of carboxylic acids is 1. The van der Waals surface area contributed by atoms with Crippen molar-refractivity contribution in [1.29, 1.82) is 5.26 Å². The van der Waals surface area contributed by atoms with Gasteiger partial charge in [-0.25, -0.2) is 4.79 Å². The van der Waals surface area contributed by atoms with Gasteiger partial charge >= 0.3 is 12.0 Å². The number of carboxylic acid groups (broad SMARTS) is 1. The maximum absolute atomic E-state index is 12.1. The number of carbonyl (C=O) groups is 2. The number of aliphatic carboxylic acids is 1. The summed E-state index contributed by atoms with van der Waals surface area (Å²) < 4.78 is 4.95. The number of nitrogens with zero attached hydrogens (tertiary/aromatic N) is 2. The molecule has 1 fully saturated rings. The van der Waals surface area contributed by atoms with Crippen LogP contribution in [0.25, 0.3) is 0 Å².